The first-order valence-corrected chi connectivity index (χ1v) is 5.56. The van der Waals surface area contributed by atoms with Crippen molar-refractivity contribution in [3.63, 3.8) is 0 Å². The Kier molecular flexibility index (Phi) is 3.42. The van der Waals surface area contributed by atoms with Crippen LogP contribution in [0.25, 0.3) is 11.1 Å². The van der Waals surface area contributed by atoms with Gasteiger partial charge in [0.2, 0.25) is 0 Å². The molecule has 0 unspecified atom stereocenters. The summed E-state index contributed by atoms with van der Waals surface area (Å²) < 4.78 is 18.1. The summed E-state index contributed by atoms with van der Waals surface area (Å²) in [5.41, 5.74) is 2.84. The summed E-state index contributed by atoms with van der Waals surface area (Å²) in [7, 11) is 1.28. The zero-order valence-electron chi connectivity index (χ0n) is 10.2. The summed E-state index contributed by atoms with van der Waals surface area (Å²) in [6.07, 6.45) is 0. The zero-order valence-corrected chi connectivity index (χ0v) is 10.2. The van der Waals surface area contributed by atoms with Gasteiger partial charge in [0.15, 0.2) is 0 Å². The Labute approximate surface area is 105 Å². The SMILES string of the molecule is COC(=O)c1cc(F)cc(-c2cccc(C)c2)c1. The highest BCUT2D eigenvalue weighted by Crippen LogP contribution is 2.23. The Bertz CT molecular complexity index is 591. The minimum atomic E-state index is -0.539. The van der Waals surface area contributed by atoms with E-state index in [1.165, 1.54) is 19.2 Å². The molecule has 0 aliphatic rings. The van der Waals surface area contributed by atoms with Gasteiger partial charge < -0.3 is 4.74 Å². The maximum absolute atomic E-state index is 13.5. The van der Waals surface area contributed by atoms with E-state index >= 15 is 0 Å². The number of halogens is 1. The Balaban J connectivity index is 2.51. The molecular weight excluding hydrogens is 231 g/mol. The molecule has 0 atom stereocenters. The van der Waals surface area contributed by atoms with E-state index in [1.54, 1.807) is 6.07 Å². The predicted octanol–water partition coefficient (Wildman–Crippen LogP) is 3.59. The second-order valence-electron chi connectivity index (χ2n) is 4.09. The number of carbonyl (C=O) groups is 1. The topological polar surface area (TPSA) is 26.3 Å². The number of hydrogen-bond acceptors (Lipinski definition) is 2. The van der Waals surface area contributed by atoms with Crippen molar-refractivity contribution in [2.45, 2.75) is 6.92 Å². The number of rotatable bonds is 2. The molecule has 2 nitrogen and oxygen atoms in total. The first-order chi connectivity index (χ1) is 8.60. The van der Waals surface area contributed by atoms with Gasteiger partial charge in [-0.15, -0.1) is 0 Å². The molecule has 0 fully saturated rings. The van der Waals surface area contributed by atoms with Gasteiger partial charge in [0.05, 0.1) is 12.7 Å². The lowest BCUT2D eigenvalue weighted by molar-refractivity contribution is 0.0600. The zero-order chi connectivity index (χ0) is 13.1. The molecular formula is C15H13FO2. The smallest absolute Gasteiger partial charge is 0.337 e. The summed E-state index contributed by atoms with van der Waals surface area (Å²) in [4.78, 5) is 11.4. The molecule has 0 aliphatic carbocycles. The molecule has 0 saturated heterocycles. The van der Waals surface area contributed by atoms with Gasteiger partial charge in [-0.3, -0.25) is 0 Å². The molecule has 0 spiro atoms. The lowest BCUT2D eigenvalue weighted by atomic mass is 10.0. The van der Waals surface area contributed by atoms with E-state index in [1.807, 2.05) is 31.2 Å². The van der Waals surface area contributed by atoms with E-state index in [0.29, 0.717) is 5.56 Å². The fourth-order valence-electron chi connectivity index (χ4n) is 1.82. The second kappa shape index (κ2) is 5.00. The fourth-order valence-corrected chi connectivity index (χ4v) is 1.82. The largest absolute Gasteiger partial charge is 0.465 e. The lowest BCUT2D eigenvalue weighted by Crippen LogP contribution is -2.02. The van der Waals surface area contributed by atoms with Gasteiger partial charge in [0.1, 0.15) is 5.82 Å². The highest BCUT2D eigenvalue weighted by molar-refractivity contribution is 5.91. The number of aryl methyl sites for hydroxylation is 1. The number of benzene rings is 2. The van der Waals surface area contributed by atoms with E-state index in [4.69, 9.17) is 0 Å². The molecule has 2 aromatic rings. The van der Waals surface area contributed by atoms with E-state index in [0.717, 1.165) is 11.1 Å². The molecule has 0 heterocycles. The van der Waals surface area contributed by atoms with Crippen molar-refractivity contribution in [3.05, 3.63) is 59.4 Å². The minimum Gasteiger partial charge on any atom is -0.465 e. The van der Waals surface area contributed by atoms with Crippen LogP contribution >= 0.6 is 0 Å². The normalized spacial score (nSPS) is 10.2. The number of esters is 1. The van der Waals surface area contributed by atoms with E-state index in [2.05, 4.69) is 4.74 Å². The molecule has 18 heavy (non-hydrogen) atoms. The van der Waals surface area contributed by atoms with Crippen molar-refractivity contribution in [3.8, 4) is 11.1 Å². The maximum Gasteiger partial charge on any atom is 0.337 e. The average molecular weight is 244 g/mol. The molecule has 0 amide bonds. The van der Waals surface area contributed by atoms with Crippen molar-refractivity contribution >= 4 is 5.97 Å². The summed E-state index contributed by atoms with van der Waals surface area (Å²) in [5.74, 6) is -0.988. The summed E-state index contributed by atoms with van der Waals surface area (Å²) in [6, 6.07) is 11.9. The van der Waals surface area contributed by atoms with Crippen LogP contribution in [0.3, 0.4) is 0 Å². The van der Waals surface area contributed by atoms with Crippen LogP contribution in [0.4, 0.5) is 4.39 Å². The lowest BCUT2D eigenvalue weighted by Gasteiger charge is -2.06. The monoisotopic (exact) mass is 244 g/mol. The minimum absolute atomic E-state index is 0.217. The van der Waals surface area contributed by atoms with Gasteiger partial charge in [-0.05, 0) is 36.2 Å². The predicted molar refractivity (Wildman–Crippen MR) is 67.9 cm³/mol. The quantitative estimate of drug-likeness (QED) is 0.755. The van der Waals surface area contributed by atoms with Crippen LogP contribution in [-0.4, -0.2) is 13.1 Å². The van der Waals surface area contributed by atoms with Crippen molar-refractivity contribution in [1.29, 1.82) is 0 Å². The summed E-state index contributed by atoms with van der Waals surface area (Å²) in [5, 5.41) is 0. The molecule has 0 saturated carbocycles. The van der Waals surface area contributed by atoms with E-state index in [-0.39, 0.29) is 5.56 Å². The summed E-state index contributed by atoms with van der Waals surface area (Å²) >= 11 is 0. The van der Waals surface area contributed by atoms with Crippen LogP contribution in [0, 0.1) is 12.7 Å². The van der Waals surface area contributed by atoms with E-state index in [9.17, 15) is 9.18 Å². The van der Waals surface area contributed by atoms with Crippen molar-refractivity contribution < 1.29 is 13.9 Å². The van der Waals surface area contributed by atoms with Crippen LogP contribution in [-0.2, 0) is 4.74 Å². The Hall–Kier alpha value is -2.16. The van der Waals surface area contributed by atoms with Crippen molar-refractivity contribution in [2.24, 2.45) is 0 Å². The van der Waals surface area contributed by atoms with Crippen LogP contribution in [0.5, 0.6) is 0 Å². The maximum atomic E-state index is 13.5. The highest BCUT2D eigenvalue weighted by Gasteiger charge is 2.10. The van der Waals surface area contributed by atoms with Crippen molar-refractivity contribution in [2.75, 3.05) is 7.11 Å². The molecule has 0 radical (unpaired) electrons. The number of ether oxygens (including phenoxy) is 1. The highest BCUT2D eigenvalue weighted by atomic mass is 19.1. The molecule has 92 valence electrons. The Morgan fingerprint density at radius 3 is 2.56 bits per heavy atom. The van der Waals surface area contributed by atoms with Gasteiger partial charge >= 0.3 is 5.97 Å². The molecule has 0 bridgehead atoms. The third-order valence-electron chi connectivity index (χ3n) is 2.67. The van der Waals surface area contributed by atoms with Crippen molar-refractivity contribution in [1.82, 2.24) is 0 Å². The average Bonchev–Trinajstić information content (AvgIpc) is 2.37. The van der Waals surface area contributed by atoms with Crippen LogP contribution in [0.15, 0.2) is 42.5 Å². The third kappa shape index (κ3) is 2.56. The Morgan fingerprint density at radius 2 is 1.89 bits per heavy atom. The van der Waals surface area contributed by atoms with Crippen LogP contribution in [0.2, 0.25) is 0 Å². The molecule has 2 rings (SSSR count). The molecule has 0 aliphatic heterocycles. The standard InChI is InChI=1S/C15H13FO2/c1-10-4-3-5-11(6-10)12-7-13(15(17)18-2)9-14(16)8-12/h3-9H,1-2H3. The molecule has 3 heteroatoms. The third-order valence-corrected chi connectivity index (χ3v) is 2.67. The Morgan fingerprint density at radius 1 is 1.11 bits per heavy atom. The number of hydrogen-bond donors (Lipinski definition) is 0. The first-order valence-electron chi connectivity index (χ1n) is 5.56. The van der Waals surface area contributed by atoms with Gasteiger partial charge in [-0.2, -0.15) is 0 Å². The summed E-state index contributed by atoms with van der Waals surface area (Å²) in [6.45, 7) is 1.96. The van der Waals surface area contributed by atoms with E-state index < -0.39 is 11.8 Å². The van der Waals surface area contributed by atoms with Crippen LogP contribution < -0.4 is 0 Å². The second-order valence-corrected chi connectivity index (χ2v) is 4.09. The molecule has 0 aromatic heterocycles. The van der Waals surface area contributed by atoms with Crippen LogP contribution in [0.1, 0.15) is 15.9 Å². The van der Waals surface area contributed by atoms with Gasteiger partial charge in [-0.1, -0.05) is 29.8 Å². The molecule has 2 aromatic carbocycles. The number of carbonyl (C=O) groups excluding carboxylic acids is 1. The fraction of sp³-hybridized carbons (Fsp3) is 0.133. The first kappa shape index (κ1) is 12.3. The van der Waals surface area contributed by atoms with Gasteiger partial charge in [0, 0.05) is 0 Å². The number of methoxy groups -OCH3 is 1. The van der Waals surface area contributed by atoms with Gasteiger partial charge in [-0.25, -0.2) is 9.18 Å². The molecule has 0 N–H and O–H groups in total. The van der Waals surface area contributed by atoms with Gasteiger partial charge in [0.25, 0.3) is 0 Å².